The molecule has 1 aliphatic carbocycles. The Morgan fingerprint density at radius 3 is 2.47 bits per heavy atom. The van der Waals surface area contributed by atoms with E-state index < -0.39 is 5.97 Å². The monoisotopic (exact) mass is 423 g/mol. The molecule has 0 aliphatic heterocycles. The lowest BCUT2D eigenvalue weighted by Crippen LogP contribution is -2.19. The smallest absolute Gasteiger partial charge is 0.331 e. The van der Waals surface area contributed by atoms with Crippen LogP contribution >= 0.6 is 11.6 Å². The molecule has 1 radical (unpaired) electrons. The minimum Gasteiger partial charge on any atom is -0.450 e. The Balaban J connectivity index is 1.89. The van der Waals surface area contributed by atoms with Gasteiger partial charge in [0.15, 0.2) is 6.61 Å². The summed E-state index contributed by atoms with van der Waals surface area (Å²) in [5.74, 6) is -0.408. The number of esters is 1. The average molecular weight is 424 g/mol. The van der Waals surface area contributed by atoms with Gasteiger partial charge in [0.05, 0.1) is 0 Å². The predicted molar refractivity (Wildman–Crippen MR) is 127 cm³/mol. The summed E-state index contributed by atoms with van der Waals surface area (Å²) in [6.45, 7) is 12.3. The molecule has 1 aromatic rings. The Morgan fingerprint density at radius 2 is 1.80 bits per heavy atom. The number of carbonyl (C=O) groups excluding carboxylic acids is 1. The molecule has 30 heavy (non-hydrogen) atoms. The zero-order chi connectivity index (χ0) is 22.1. The minimum atomic E-state index is -0.408. The standard InChI is InChI=1S/C27H32ClO2/c1-20(11-16-25-22(3)10-7-17-27(25,4)5)8-6-9-21(2)18-26(29)30-19-23-12-14-24(28)15-13-23/h6,8-9,11-16,18-19H,7,10,17H2,1-5H3. The summed E-state index contributed by atoms with van der Waals surface area (Å²) in [6, 6.07) is 7.08. The van der Waals surface area contributed by atoms with Crippen molar-refractivity contribution in [2.75, 3.05) is 0 Å². The van der Waals surface area contributed by atoms with Crippen LogP contribution in [0.5, 0.6) is 0 Å². The van der Waals surface area contributed by atoms with Crippen molar-refractivity contribution in [2.45, 2.75) is 53.9 Å². The maximum absolute atomic E-state index is 11.9. The number of hydrogen-bond donors (Lipinski definition) is 0. The first-order chi connectivity index (χ1) is 14.2. The van der Waals surface area contributed by atoms with Crippen molar-refractivity contribution in [2.24, 2.45) is 5.41 Å². The molecule has 0 aromatic heterocycles. The molecule has 0 fully saturated rings. The van der Waals surface area contributed by atoms with E-state index in [9.17, 15) is 4.79 Å². The summed E-state index contributed by atoms with van der Waals surface area (Å²) in [5, 5.41) is 0.645. The van der Waals surface area contributed by atoms with E-state index in [1.54, 1.807) is 24.3 Å². The van der Waals surface area contributed by atoms with E-state index in [2.05, 4.69) is 39.8 Å². The van der Waals surface area contributed by atoms with E-state index in [1.807, 2.05) is 25.2 Å². The minimum absolute atomic E-state index is 0.248. The first-order valence-electron chi connectivity index (χ1n) is 10.4. The largest absolute Gasteiger partial charge is 0.450 e. The fourth-order valence-electron chi connectivity index (χ4n) is 3.57. The molecule has 2 nitrogen and oxygen atoms in total. The topological polar surface area (TPSA) is 26.3 Å². The van der Waals surface area contributed by atoms with Gasteiger partial charge in [-0.3, -0.25) is 0 Å². The maximum Gasteiger partial charge on any atom is 0.331 e. The van der Waals surface area contributed by atoms with Crippen molar-refractivity contribution in [3.8, 4) is 0 Å². The highest BCUT2D eigenvalue weighted by atomic mass is 35.5. The second-order valence-electron chi connectivity index (χ2n) is 8.53. The number of allylic oxidation sites excluding steroid dienone is 9. The van der Waals surface area contributed by atoms with Crippen molar-refractivity contribution in [3.63, 3.8) is 0 Å². The van der Waals surface area contributed by atoms with Gasteiger partial charge in [0.25, 0.3) is 0 Å². The van der Waals surface area contributed by atoms with Crippen LogP contribution in [0.25, 0.3) is 0 Å². The van der Waals surface area contributed by atoms with Gasteiger partial charge in [-0.05, 0) is 74.3 Å². The molecule has 0 saturated heterocycles. The van der Waals surface area contributed by atoms with Crippen LogP contribution in [0.3, 0.4) is 0 Å². The molecule has 3 heteroatoms. The number of carbonyl (C=O) groups is 1. The summed E-state index contributed by atoms with van der Waals surface area (Å²) in [4.78, 5) is 11.9. The van der Waals surface area contributed by atoms with Crippen molar-refractivity contribution in [1.29, 1.82) is 0 Å². The molecular weight excluding hydrogens is 392 g/mol. The second-order valence-corrected chi connectivity index (χ2v) is 8.97. The van der Waals surface area contributed by atoms with Crippen LogP contribution in [0.2, 0.25) is 5.02 Å². The first-order valence-corrected chi connectivity index (χ1v) is 10.8. The molecule has 1 aromatic carbocycles. The van der Waals surface area contributed by atoms with Gasteiger partial charge in [-0.2, -0.15) is 0 Å². The molecule has 0 spiro atoms. The zero-order valence-electron chi connectivity index (χ0n) is 18.7. The molecule has 0 saturated carbocycles. The summed E-state index contributed by atoms with van der Waals surface area (Å²) in [5.41, 5.74) is 5.98. The summed E-state index contributed by atoms with van der Waals surface area (Å²) < 4.78 is 5.15. The normalized spacial score (nSPS) is 17.8. The van der Waals surface area contributed by atoms with E-state index in [0.717, 1.165) is 11.1 Å². The molecule has 0 atom stereocenters. The molecule has 2 rings (SSSR count). The third-order valence-corrected chi connectivity index (χ3v) is 5.55. The molecule has 159 valence electrons. The molecular formula is C27H32ClO2. The average Bonchev–Trinajstić information content (AvgIpc) is 2.66. The fraction of sp³-hybridized carbons (Fsp3) is 0.333. The van der Waals surface area contributed by atoms with E-state index in [0.29, 0.717) is 5.02 Å². The van der Waals surface area contributed by atoms with Crippen molar-refractivity contribution < 1.29 is 9.53 Å². The van der Waals surface area contributed by atoms with E-state index >= 15 is 0 Å². The van der Waals surface area contributed by atoms with Gasteiger partial charge in [0, 0.05) is 11.1 Å². The Morgan fingerprint density at radius 1 is 1.10 bits per heavy atom. The van der Waals surface area contributed by atoms with Crippen molar-refractivity contribution in [3.05, 3.63) is 100 Å². The van der Waals surface area contributed by atoms with Gasteiger partial charge in [-0.25, -0.2) is 4.79 Å². The van der Waals surface area contributed by atoms with Crippen LogP contribution in [0.15, 0.2) is 83.0 Å². The van der Waals surface area contributed by atoms with Crippen LogP contribution in [0, 0.1) is 12.0 Å². The third kappa shape index (κ3) is 7.84. The lowest BCUT2D eigenvalue weighted by Gasteiger charge is -2.32. The summed E-state index contributed by atoms with van der Waals surface area (Å²) in [6.07, 6.45) is 15.5. The maximum atomic E-state index is 11.9. The van der Waals surface area contributed by atoms with E-state index in [1.165, 1.54) is 48.7 Å². The molecule has 0 N–H and O–H groups in total. The number of hydrogen-bond acceptors (Lipinski definition) is 2. The fourth-order valence-corrected chi connectivity index (χ4v) is 3.69. The van der Waals surface area contributed by atoms with Crippen LogP contribution in [-0.4, -0.2) is 5.97 Å². The number of rotatable bonds is 7. The second kappa shape index (κ2) is 11.2. The molecule has 0 heterocycles. The highest BCUT2D eigenvalue weighted by molar-refractivity contribution is 6.30. The van der Waals surface area contributed by atoms with E-state index in [4.69, 9.17) is 16.3 Å². The summed E-state index contributed by atoms with van der Waals surface area (Å²) >= 11 is 5.84. The first kappa shape index (κ1) is 24.0. The molecule has 0 bridgehead atoms. The number of halogens is 1. The summed E-state index contributed by atoms with van der Waals surface area (Å²) in [7, 11) is 0. The third-order valence-electron chi connectivity index (χ3n) is 5.30. The van der Waals surface area contributed by atoms with Gasteiger partial charge in [0.1, 0.15) is 0 Å². The van der Waals surface area contributed by atoms with Gasteiger partial charge in [-0.1, -0.05) is 79.1 Å². The number of ether oxygens (including phenoxy) is 1. The van der Waals surface area contributed by atoms with Crippen LogP contribution in [-0.2, 0) is 9.53 Å². The zero-order valence-corrected chi connectivity index (χ0v) is 19.4. The number of benzene rings is 1. The predicted octanol–water partition coefficient (Wildman–Crippen LogP) is 7.92. The van der Waals surface area contributed by atoms with Gasteiger partial charge in [-0.15, -0.1) is 0 Å². The van der Waals surface area contributed by atoms with Gasteiger partial charge >= 0.3 is 5.97 Å². The van der Waals surface area contributed by atoms with Crippen LogP contribution in [0.4, 0.5) is 0 Å². The Bertz CT molecular complexity index is 893. The van der Waals surface area contributed by atoms with E-state index in [-0.39, 0.29) is 5.41 Å². The Labute approximate surface area is 186 Å². The Hall–Kier alpha value is -2.32. The van der Waals surface area contributed by atoms with Gasteiger partial charge < -0.3 is 4.74 Å². The van der Waals surface area contributed by atoms with Crippen LogP contribution < -0.4 is 0 Å². The van der Waals surface area contributed by atoms with Crippen LogP contribution in [0.1, 0.15) is 59.4 Å². The lowest BCUT2D eigenvalue weighted by atomic mass is 9.72. The molecule has 0 unspecified atom stereocenters. The highest BCUT2D eigenvalue weighted by Crippen LogP contribution is 2.40. The highest BCUT2D eigenvalue weighted by Gasteiger charge is 2.26. The van der Waals surface area contributed by atoms with Crippen molar-refractivity contribution in [1.82, 2.24) is 0 Å². The van der Waals surface area contributed by atoms with Crippen molar-refractivity contribution >= 4 is 17.6 Å². The quantitative estimate of drug-likeness (QED) is 0.253. The molecule has 1 aliphatic rings. The Kier molecular flexibility index (Phi) is 8.92. The lowest BCUT2D eigenvalue weighted by molar-refractivity contribution is -0.134. The SMILES string of the molecule is CC(C=CC1=C(C)CCCC1(C)C)=CC=CC(C)=CC(=O)O[CH]c1ccc(Cl)cc1. The van der Waals surface area contributed by atoms with Gasteiger partial charge in [0.2, 0.25) is 0 Å². The molecule has 0 amide bonds.